The molecule has 0 saturated heterocycles. The van der Waals surface area contributed by atoms with Gasteiger partial charge in [0.15, 0.2) is 0 Å². The highest BCUT2D eigenvalue weighted by Gasteiger charge is 2.00. The quantitative estimate of drug-likeness (QED) is 0.477. The number of hydrogen-bond donors (Lipinski definition) is 0. The van der Waals surface area contributed by atoms with Crippen LogP contribution < -0.4 is 5.46 Å². The molecule has 0 aliphatic heterocycles. The molecule has 80 valence electrons. The van der Waals surface area contributed by atoms with Crippen LogP contribution in [0.2, 0.25) is 0 Å². The van der Waals surface area contributed by atoms with Crippen molar-refractivity contribution in [3.8, 4) is 0 Å². The first-order chi connectivity index (χ1) is 7.29. The number of rotatable bonds is 0. The van der Waals surface area contributed by atoms with Gasteiger partial charge in [-0.2, -0.15) is 9.49 Å². The Hall–Kier alpha value is -1.32. The maximum absolute atomic E-state index is 12.8. The van der Waals surface area contributed by atoms with Crippen LogP contribution in [0.4, 0.5) is 4.39 Å². The summed E-state index contributed by atoms with van der Waals surface area (Å²) in [5.41, 5.74) is 1.13. The standard InChI is InChI=1S/C7H4BFN2.2C2H6/c8-5-1-2-7(9)11-6(5)3-4-10-11;2*1-2/h1-4H;2*1-2H3. The second-order valence-corrected chi connectivity index (χ2v) is 2.24. The molecular weight excluding hydrogens is 190 g/mol. The minimum atomic E-state index is -0.404. The maximum Gasteiger partial charge on any atom is 0.214 e. The van der Waals surface area contributed by atoms with Crippen LogP contribution in [0.5, 0.6) is 0 Å². The third kappa shape index (κ3) is 3.08. The van der Waals surface area contributed by atoms with Crippen LogP contribution in [0.15, 0.2) is 24.4 Å². The number of pyridine rings is 1. The molecule has 0 unspecified atom stereocenters. The van der Waals surface area contributed by atoms with E-state index < -0.39 is 5.95 Å². The van der Waals surface area contributed by atoms with Crippen LogP contribution >= 0.6 is 0 Å². The predicted molar refractivity (Wildman–Crippen MR) is 63.2 cm³/mol. The number of hydrogen-bond acceptors (Lipinski definition) is 1. The minimum Gasteiger partial charge on any atom is -0.207 e. The summed E-state index contributed by atoms with van der Waals surface area (Å²) in [5, 5.41) is 3.74. The highest BCUT2D eigenvalue weighted by molar-refractivity contribution is 6.36. The second kappa shape index (κ2) is 7.04. The normalized spacial score (nSPS) is 8.60. The Kier molecular flexibility index (Phi) is 6.42. The monoisotopic (exact) mass is 206 g/mol. The smallest absolute Gasteiger partial charge is 0.207 e. The average molecular weight is 206 g/mol. The van der Waals surface area contributed by atoms with Crippen LogP contribution in [0.3, 0.4) is 0 Å². The van der Waals surface area contributed by atoms with Crippen molar-refractivity contribution in [2.75, 3.05) is 0 Å². The topological polar surface area (TPSA) is 17.3 Å². The molecular formula is C11H16BFN2. The van der Waals surface area contributed by atoms with Gasteiger partial charge in [0, 0.05) is 0 Å². The lowest BCUT2D eigenvalue weighted by molar-refractivity contribution is 0.546. The van der Waals surface area contributed by atoms with E-state index in [0.29, 0.717) is 11.0 Å². The third-order valence-electron chi connectivity index (χ3n) is 1.54. The zero-order valence-corrected chi connectivity index (χ0v) is 9.66. The molecule has 0 amide bonds. The Bertz CT molecular complexity index is 362. The molecule has 0 N–H and O–H groups in total. The lowest BCUT2D eigenvalue weighted by atomic mass is 9.96. The van der Waals surface area contributed by atoms with Crippen molar-refractivity contribution in [2.24, 2.45) is 0 Å². The van der Waals surface area contributed by atoms with Gasteiger partial charge in [-0.25, -0.2) is 4.52 Å². The van der Waals surface area contributed by atoms with Gasteiger partial charge in [-0.15, -0.1) is 0 Å². The van der Waals surface area contributed by atoms with Crippen molar-refractivity contribution in [1.29, 1.82) is 0 Å². The van der Waals surface area contributed by atoms with E-state index >= 15 is 0 Å². The van der Waals surface area contributed by atoms with Crippen molar-refractivity contribution in [3.05, 3.63) is 30.3 Å². The molecule has 0 aliphatic carbocycles. The van der Waals surface area contributed by atoms with Gasteiger partial charge in [0.1, 0.15) is 7.85 Å². The minimum absolute atomic E-state index is 0.404. The molecule has 2 nitrogen and oxygen atoms in total. The molecule has 0 aliphatic rings. The van der Waals surface area contributed by atoms with E-state index in [-0.39, 0.29) is 0 Å². The molecule has 4 heteroatoms. The van der Waals surface area contributed by atoms with Gasteiger partial charge in [-0.05, 0) is 12.1 Å². The number of nitrogens with zero attached hydrogens (tertiary/aromatic N) is 2. The second-order valence-electron chi connectivity index (χ2n) is 2.24. The van der Waals surface area contributed by atoms with Crippen LogP contribution in [0.1, 0.15) is 27.7 Å². The number of aromatic nitrogens is 2. The Morgan fingerprint density at radius 3 is 2.27 bits per heavy atom. The van der Waals surface area contributed by atoms with Crippen molar-refractivity contribution in [2.45, 2.75) is 27.7 Å². The van der Waals surface area contributed by atoms with Crippen LogP contribution in [0.25, 0.3) is 5.52 Å². The summed E-state index contributed by atoms with van der Waals surface area (Å²) in [6.07, 6.45) is 1.51. The Morgan fingerprint density at radius 1 is 1.13 bits per heavy atom. The van der Waals surface area contributed by atoms with Gasteiger partial charge in [-0.3, -0.25) is 0 Å². The molecule has 0 spiro atoms. The van der Waals surface area contributed by atoms with Crippen LogP contribution in [-0.4, -0.2) is 17.5 Å². The summed E-state index contributed by atoms with van der Waals surface area (Å²) in [5.74, 6) is -0.404. The van der Waals surface area contributed by atoms with Crippen LogP contribution in [-0.2, 0) is 0 Å². The summed E-state index contributed by atoms with van der Waals surface area (Å²) in [7, 11) is 5.54. The van der Waals surface area contributed by atoms with E-state index in [9.17, 15) is 4.39 Å². The summed E-state index contributed by atoms with van der Waals surface area (Å²) < 4.78 is 14.0. The first-order valence-electron chi connectivity index (χ1n) is 5.17. The molecule has 0 aromatic carbocycles. The summed E-state index contributed by atoms with van der Waals surface area (Å²) in [6, 6.07) is 4.47. The predicted octanol–water partition coefficient (Wildman–Crippen LogP) is 2.32. The lowest BCUT2D eigenvalue weighted by Gasteiger charge is -1.97. The summed E-state index contributed by atoms with van der Waals surface area (Å²) >= 11 is 0. The van der Waals surface area contributed by atoms with Crippen molar-refractivity contribution in [3.63, 3.8) is 0 Å². The molecule has 0 saturated carbocycles. The van der Waals surface area contributed by atoms with Gasteiger partial charge in [0.05, 0.1) is 11.7 Å². The highest BCUT2D eigenvalue weighted by atomic mass is 19.1. The fourth-order valence-electron chi connectivity index (χ4n) is 1.01. The maximum atomic E-state index is 12.8. The van der Waals surface area contributed by atoms with Gasteiger partial charge < -0.3 is 0 Å². The first kappa shape index (κ1) is 13.7. The van der Waals surface area contributed by atoms with E-state index in [0.717, 1.165) is 4.52 Å². The SMILES string of the molecule is CC.CC.[B]c1ccc(F)n2nccc12. The van der Waals surface area contributed by atoms with Crippen molar-refractivity contribution in [1.82, 2.24) is 9.61 Å². The Morgan fingerprint density at radius 2 is 1.73 bits per heavy atom. The summed E-state index contributed by atoms with van der Waals surface area (Å²) in [6.45, 7) is 8.00. The van der Waals surface area contributed by atoms with Crippen LogP contribution in [0, 0.1) is 5.95 Å². The van der Waals surface area contributed by atoms with Gasteiger partial charge in [-0.1, -0.05) is 39.2 Å². The van der Waals surface area contributed by atoms with Crippen molar-refractivity contribution >= 4 is 18.8 Å². The van der Waals surface area contributed by atoms with E-state index in [1.54, 1.807) is 6.07 Å². The van der Waals surface area contributed by atoms with Crippen molar-refractivity contribution < 1.29 is 4.39 Å². The van der Waals surface area contributed by atoms with E-state index in [2.05, 4.69) is 5.10 Å². The molecule has 0 atom stereocenters. The fraction of sp³-hybridized carbons (Fsp3) is 0.364. The lowest BCUT2D eigenvalue weighted by Crippen LogP contribution is -2.08. The molecule has 15 heavy (non-hydrogen) atoms. The third-order valence-corrected chi connectivity index (χ3v) is 1.54. The zero-order chi connectivity index (χ0) is 11.8. The fourth-order valence-corrected chi connectivity index (χ4v) is 1.01. The van der Waals surface area contributed by atoms with E-state index in [1.807, 2.05) is 27.7 Å². The molecule has 2 rings (SSSR count). The first-order valence-corrected chi connectivity index (χ1v) is 5.17. The van der Waals surface area contributed by atoms with E-state index in [1.165, 1.54) is 18.3 Å². The number of halogens is 1. The summed E-state index contributed by atoms with van der Waals surface area (Å²) in [4.78, 5) is 0. The Balaban J connectivity index is 0.000000442. The van der Waals surface area contributed by atoms with Gasteiger partial charge in [0.25, 0.3) is 0 Å². The van der Waals surface area contributed by atoms with Gasteiger partial charge in [0.2, 0.25) is 5.95 Å². The Labute approximate surface area is 91.5 Å². The molecule has 0 fully saturated rings. The molecule has 2 radical (unpaired) electrons. The molecule has 0 bridgehead atoms. The average Bonchev–Trinajstić information content (AvgIpc) is 2.79. The van der Waals surface area contributed by atoms with E-state index in [4.69, 9.17) is 7.85 Å². The molecule has 2 aromatic heterocycles. The largest absolute Gasteiger partial charge is 0.214 e. The molecule has 2 heterocycles. The zero-order valence-electron chi connectivity index (χ0n) is 9.66. The highest BCUT2D eigenvalue weighted by Crippen LogP contribution is 2.00. The number of fused-ring (bicyclic) bond motifs is 1. The van der Waals surface area contributed by atoms with Gasteiger partial charge >= 0.3 is 0 Å². The molecule has 2 aromatic rings.